The molecule has 8 rings (SSSR count). The van der Waals surface area contributed by atoms with E-state index in [2.05, 4.69) is 10.2 Å². The Morgan fingerprint density at radius 2 is 1.66 bits per heavy atom. The fourth-order valence-corrected chi connectivity index (χ4v) is 8.48. The SMILES string of the molecule is Cc1cccc(CN2C(=O)C3(c4ccccc42)c2c(oc4ccc(C)cc4c2=O)C(=O)N3c2nnc(SCc3ccc(Cl)cc3)s2)c1. The van der Waals surface area contributed by atoms with Crippen LogP contribution in [0.1, 0.15) is 43.9 Å². The second-order valence-corrected chi connectivity index (χ2v) is 14.3. The maximum Gasteiger partial charge on any atom is 0.297 e. The lowest BCUT2D eigenvalue weighted by molar-refractivity contribution is -0.121. The predicted molar refractivity (Wildman–Crippen MR) is 185 cm³/mol. The Morgan fingerprint density at radius 1 is 0.872 bits per heavy atom. The minimum absolute atomic E-state index is 0.00430. The summed E-state index contributed by atoms with van der Waals surface area (Å²) in [6, 6.07) is 28.0. The standard InChI is InChI=1S/C36H25ClN4O4S2/c1-20-6-5-7-23(16-20)18-40-27-9-4-3-8-26(27)36(33(40)44)29-30(42)25-17-21(2)10-15-28(25)45-31(29)32(43)41(36)34-38-39-35(47-34)46-19-22-11-13-24(37)14-12-22/h3-17H,18-19H2,1-2H3. The van der Waals surface area contributed by atoms with E-state index in [-0.39, 0.29) is 28.6 Å². The third-order valence-electron chi connectivity index (χ3n) is 8.57. The number of thioether (sulfide) groups is 1. The second kappa shape index (κ2) is 11.2. The van der Waals surface area contributed by atoms with Crippen LogP contribution in [0.4, 0.5) is 10.8 Å². The number of fused-ring (bicyclic) bond motifs is 5. The number of rotatable bonds is 6. The van der Waals surface area contributed by atoms with Crippen molar-refractivity contribution >= 4 is 68.3 Å². The first-order chi connectivity index (χ1) is 22.8. The van der Waals surface area contributed by atoms with Crippen molar-refractivity contribution in [3.63, 3.8) is 0 Å². The van der Waals surface area contributed by atoms with Crippen LogP contribution in [-0.2, 0) is 22.6 Å². The van der Waals surface area contributed by atoms with E-state index >= 15 is 4.79 Å². The first-order valence-electron chi connectivity index (χ1n) is 14.9. The molecule has 0 fully saturated rings. The maximum absolute atomic E-state index is 15.2. The normalized spacial score (nSPS) is 16.8. The highest BCUT2D eigenvalue weighted by Gasteiger charge is 2.66. The molecule has 2 aliphatic heterocycles. The van der Waals surface area contributed by atoms with Gasteiger partial charge in [0.25, 0.3) is 11.8 Å². The van der Waals surface area contributed by atoms with Gasteiger partial charge in [-0.1, -0.05) is 106 Å². The van der Waals surface area contributed by atoms with Gasteiger partial charge in [0, 0.05) is 16.3 Å². The molecule has 0 N–H and O–H groups in total. The van der Waals surface area contributed by atoms with Gasteiger partial charge in [-0.25, -0.2) is 0 Å². The lowest BCUT2D eigenvalue weighted by Crippen LogP contribution is -2.53. The number of carbonyl (C=O) groups excluding carboxylic acids is 2. The van der Waals surface area contributed by atoms with Crippen LogP contribution in [0.5, 0.6) is 0 Å². The van der Waals surface area contributed by atoms with Crippen LogP contribution in [0.25, 0.3) is 11.0 Å². The molecule has 1 unspecified atom stereocenters. The first kappa shape index (κ1) is 29.6. The molecule has 6 aromatic rings. The molecule has 11 heteroatoms. The number of hydrogen-bond donors (Lipinski definition) is 0. The molecule has 1 spiro atoms. The third-order valence-corrected chi connectivity index (χ3v) is 10.9. The monoisotopic (exact) mass is 676 g/mol. The lowest BCUT2D eigenvalue weighted by Gasteiger charge is -2.32. The number of aryl methyl sites for hydroxylation is 2. The Kier molecular flexibility index (Phi) is 7.05. The minimum atomic E-state index is -1.84. The number of halogens is 1. The summed E-state index contributed by atoms with van der Waals surface area (Å²) >= 11 is 8.70. The molecule has 0 saturated heterocycles. The molecule has 2 aliphatic rings. The summed E-state index contributed by atoms with van der Waals surface area (Å²) in [5.41, 5.74) is 2.98. The van der Waals surface area contributed by atoms with Crippen LogP contribution in [0.15, 0.2) is 105 Å². The number of benzene rings is 4. The molecular formula is C36H25ClN4O4S2. The number of aromatic nitrogens is 2. The zero-order valence-corrected chi connectivity index (χ0v) is 27.6. The molecule has 0 radical (unpaired) electrons. The Balaban J connectivity index is 1.32. The van der Waals surface area contributed by atoms with Crippen molar-refractivity contribution in [2.45, 2.75) is 36.0 Å². The van der Waals surface area contributed by atoms with Crippen molar-refractivity contribution in [2.24, 2.45) is 0 Å². The maximum atomic E-state index is 15.2. The molecular weight excluding hydrogens is 652 g/mol. The quantitative estimate of drug-likeness (QED) is 0.132. The van der Waals surface area contributed by atoms with Gasteiger partial charge in [-0.15, -0.1) is 10.2 Å². The molecule has 2 amide bonds. The van der Waals surface area contributed by atoms with Gasteiger partial charge in [-0.05, 0) is 55.3 Å². The summed E-state index contributed by atoms with van der Waals surface area (Å²) in [5, 5.41) is 9.97. The van der Waals surface area contributed by atoms with Gasteiger partial charge >= 0.3 is 0 Å². The average molecular weight is 677 g/mol. The van der Waals surface area contributed by atoms with E-state index in [1.165, 1.54) is 28.0 Å². The van der Waals surface area contributed by atoms with Crippen molar-refractivity contribution in [1.82, 2.24) is 10.2 Å². The van der Waals surface area contributed by atoms with E-state index in [1.54, 1.807) is 23.1 Å². The van der Waals surface area contributed by atoms with Crippen LogP contribution >= 0.6 is 34.7 Å². The minimum Gasteiger partial charge on any atom is -0.450 e. The molecule has 4 heterocycles. The Morgan fingerprint density at radius 3 is 2.47 bits per heavy atom. The molecule has 0 aliphatic carbocycles. The molecule has 232 valence electrons. The fourth-order valence-electron chi connectivity index (χ4n) is 6.50. The first-order valence-corrected chi connectivity index (χ1v) is 17.0. The second-order valence-electron chi connectivity index (χ2n) is 11.6. The van der Waals surface area contributed by atoms with Gasteiger partial charge in [0.15, 0.2) is 15.3 Å². The van der Waals surface area contributed by atoms with E-state index < -0.39 is 22.8 Å². The van der Waals surface area contributed by atoms with Crippen LogP contribution in [0.3, 0.4) is 0 Å². The van der Waals surface area contributed by atoms with E-state index in [0.717, 1.165) is 22.3 Å². The summed E-state index contributed by atoms with van der Waals surface area (Å²) in [6.07, 6.45) is 0. The summed E-state index contributed by atoms with van der Waals surface area (Å²) < 4.78 is 6.82. The van der Waals surface area contributed by atoms with E-state index in [0.29, 0.717) is 31.8 Å². The molecule has 47 heavy (non-hydrogen) atoms. The number of hydrogen-bond acceptors (Lipinski definition) is 8. The third kappa shape index (κ3) is 4.62. The Labute approximate surface area is 282 Å². The number of amides is 2. The number of carbonyl (C=O) groups is 2. The summed E-state index contributed by atoms with van der Waals surface area (Å²) in [5.74, 6) is -0.623. The van der Waals surface area contributed by atoms with E-state index in [4.69, 9.17) is 16.0 Å². The van der Waals surface area contributed by atoms with Gasteiger partial charge in [0.1, 0.15) is 5.58 Å². The zero-order chi connectivity index (χ0) is 32.4. The van der Waals surface area contributed by atoms with Crippen molar-refractivity contribution in [3.8, 4) is 0 Å². The highest BCUT2D eigenvalue weighted by atomic mass is 35.5. The van der Waals surface area contributed by atoms with Gasteiger partial charge in [-0.3, -0.25) is 19.3 Å². The molecule has 2 aromatic heterocycles. The van der Waals surface area contributed by atoms with Crippen molar-refractivity contribution in [2.75, 3.05) is 9.80 Å². The summed E-state index contributed by atoms with van der Waals surface area (Å²) in [6.45, 7) is 4.12. The van der Waals surface area contributed by atoms with Gasteiger partial charge in [0.05, 0.1) is 23.2 Å². The smallest absolute Gasteiger partial charge is 0.297 e. The van der Waals surface area contributed by atoms with Gasteiger partial charge in [-0.2, -0.15) is 0 Å². The van der Waals surface area contributed by atoms with Crippen molar-refractivity contribution in [1.29, 1.82) is 0 Å². The van der Waals surface area contributed by atoms with E-state index in [1.807, 2.05) is 86.6 Å². The van der Waals surface area contributed by atoms with Crippen LogP contribution in [0, 0.1) is 13.8 Å². The number of nitrogens with zero attached hydrogens (tertiary/aromatic N) is 4. The lowest BCUT2D eigenvalue weighted by atomic mass is 9.84. The van der Waals surface area contributed by atoms with Crippen molar-refractivity contribution in [3.05, 3.63) is 145 Å². The number of anilines is 2. The largest absolute Gasteiger partial charge is 0.450 e. The van der Waals surface area contributed by atoms with Crippen molar-refractivity contribution < 1.29 is 14.0 Å². The molecule has 8 nitrogen and oxygen atoms in total. The Hall–Kier alpha value is -4.77. The summed E-state index contributed by atoms with van der Waals surface area (Å²) in [4.78, 5) is 47.2. The topological polar surface area (TPSA) is 96.6 Å². The predicted octanol–water partition coefficient (Wildman–Crippen LogP) is 7.66. The average Bonchev–Trinajstić information content (AvgIpc) is 3.70. The number of para-hydroxylation sites is 1. The summed E-state index contributed by atoms with van der Waals surface area (Å²) in [7, 11) is 0. The van der Waals surface area contributed by atoms with Crippen LogP contribution in [-0.4, -0.2) is 22.0 Å². The highest BCUT2D eigenvalue weighted by Crippen LogP contribution is 2.55. The molecule has 0 bridgehead atoms. The molecule has 1 atom stereocenters. The van der Waals surface area contributed by atoms with Crippen LogP contribution < -0.4 is 15.2 Å². The fraction of sp³-hybridized carbons (Fsp3) is 0.139. The zero-order valence-electron chi connectivity index (χ0n) is 25.2. The molecule has 0 saturated carbocycles. The van der Waals surface area contributed by atoms with Gasteiger partial charge < -0.3 is 9.32 Å². The highest BCUT2D eigenvalue weighted by molar-refractivity contribution is 8.00. The van der Waals surface area contributed by atoms with Gasteiger partial charge in [0.2, 0.25) is 10.9 Å². The molecule has 4 aromatic carbocycles. The Bertz CT molecular complexity index is 2320. The van der Waals surface area contributed by atoms with E-state index in [9.17, 15) is 9.59 Å². The van der Waals surface area contributed by atoms with Crippen LogP contribution in [0.2, 0.25) is 5.02 Å².